The highest BCUT2D eigenvalue weighted by Crippen LogP contribution is 2.31. The Bertz CT molecular complexity index is 835. The van der Waals surface area contributed by atoms with Gasteiger partial charge in [-0.05, 0) is 12.0 Å². The zero-order valence-electron chi connectivity index (χ0n) is 13.7. The van der Waals surface area contributed by atoms with E-state index in [2.05, 4.69) is 4.98 Å². The monoisotopic (exact) mass is 330 g/mol. The van der Waals surface area contributed by atoms with Crippen molar-refractivity contribution in [2.45, 2.75) is 31.9 Å². The fourth-order valence-corrected chi connectivity index (χ4v) is 3.25. The molecule has 0 radical (unpaired) electrons. The van der Waals surface area contributed by atoms with Gasteiger partial charge >= 0.3 is 5.69 Å². The predicted molar refractivity (Wildman–Crippen MR) is 93.3 cm³/mol. The van der Waals surface area contributed by atoms with E-state index in [9.17, 15) is 14.7 Å². The van der Waals surface area contributed by atoms with E-state index in [-0.39, 0.29) is 18.1 Å². The Morgan fingerprint density at radius 1 is 1.25 bits per heavy atom. The first kappa shape index (κ1) is 16.3. The van der Waals surface area contributed by atoms with Gasteiger partial charge in [0.1, 0.15) is 11.5 Å². The average molecular weight is 330 g/mol. The Morgan fingerprint density at radius 3 is 2.54 bits per heavy atom. The Labute approximate surface area is 139 Å². The molecule has 1 fully saturated rings. The lowest BCUT2D eigenvalue weighted by molar-refractivity contribution is 0.00328. The van der Waals surface area contributed by atoms with Crippen molar-refractivity contribution in [1.29, 1.82) is 0 Å². The summed E-state index contributed by atoms with van der Waals surface area (Å²) in [5, 5.41) is 10.3. The molecule has 0 saturated carbocycles. The van der Waals surface area contributed by atoms with Gasteiger partial charge in [-0.1, -0.05) is 43.7 Å². The molecular weight excluding hydrogens is 308 g/mol. The number of nitrogen functional groups attached to an aromatic ring is 1. The molecule has 1 aromatic heterocycles. The van der Waals surface area contributed by atoms with Crippen LogP contribution in [0.4, 0.5) is 11.5 Å². The summed E-state index contributed by atoms with van der Waals surface area (Å²) in [7, 11) is 0. The summed E-state index contributed by atoms with van der Waals surface area (Å²) in [5.74, 6) is 0.131. The highest BCUT2D eigenvalue weighted by molar-refractivity contribution is 5.64. The van der Waals surface area contributed by atoms with Crippen LogP contribution in [0.1, 0.15) is 25.3 Å². The molecule has 0 bridgehead atoms. The molecule has 7 heteroatoms. The van der Waals surface area contributed by atoms with Crippen molar-refractivity contribution in [2.24, 2.45) is 0 Å². The molecule has 0 spiro atoms. The smallest absolute Gasteiger partial charge is 0.330 e. The molecule has 4 N–H and O–H groups in total. The van der Waals surface area contributed by atoms with Gasteiger partial charge in [-0.15, -0.1) is 0 Å². The molecule has 1 aromatic carbocycles. The first-order valence-corrected chi connectivity index (χ1v) is 8.07. The highest BCUT2D eigenvalue weighted by Gasteiger charge is 2.42. The van der Waals surface area contributed by atoms with Crippen LogP contribution in [-0.2, 0) is 6.54 Å². The van der Waals surface area contributed by atoms with Gasteiger partial charge < -0.3 is 15.7 Å². The Balaban J connectivity index is 1.93. The van der Waals surface area contributed by atoms with Crippen molar-refractivity contribution < 1.29 is 5.11 Å². The molecule has 0 amide bonds. The van der Waals surface area contributed by atoms with Crippen LogP contribution >= 0.6 is 0 Å². The molecule has 0 unspecified atom stereocenters. The first-order valence-electron chi connectivity index (χ1n) is 8.07. The molecule has 2 heterocycles. The van der Waals surface area contributed by atoms with Crippen LogP contribution in [-0.4, -0.2) is 33.3 Å². The van der Waals surface area contributed by atoms with E-state index in [0.717, 1.165) is 12.0 Å². The van der Waals surface area contributed by atoms with Crippen molar-refractivity contribution in [3.05, 3.63) is 56.7 Å². The molecule has 128 valence electrons. The molecule has 1 aliphatic heterocycles. The van der Waals surface area contributed by atoms with Crippen molar-refractivity contribution in [3.63, 3.8) is 0 Å². The molecule has 2 aromatic rings. The predicted octanol–water partition coefficient (Wildman–Crippen LogP) is 0.518. The number of β-amino-alcohol motifs (C(OH)–C–C–N with tert-alkyl or cyclic N) is 1. The molecule has 24 heavy (non-hydrogen) atoms. The number of aliphatic hydroxyl groups is 1. The van der Waals surface area contributed by atoms with Crippen LogP contribution in [0, 0.1) is 0 Å². The maximum absolute atomic E-state index is 12.2. The average Bonchev–Trinajstić information content (AvgIpc) is 2.51. The van der Waals surface area contributed by atoms with Gasteiger partial charge in [0.2, 0.25) is 0 Å². The van der Waals surface area contributed by atoms with Crippen LogP contribution in [0.3, 0.4) is 0 Å². The number of aromatic nitrogens is 2. The highest BCUT2D eigenvalue weighted by atomic mass is 16.3. The Kier molecular flexibility index (Phi) is 4.19. The van der Waals surface area contributed by atoms with Crippen LogP contribution < -0.4 is 21.9 Å². The lowest BCUT2D eigenvalue weighted by Crippen LogP contribution is -2.63. The van der Waals surface area contributed by atoms with Gasteiger partial charge in [-0.25, -0.2) is 4.79 Å². The Hall–Kier alpha value is -2.54. The lowest BCUT2D eigenvalue weighted by Gasteiger charge is -2.47. The van der Waals surface area contributed by atoms with E-state index in [1.165, 1.54) is 4.57 Å². The number of hydrogen-bond acceptors (Lipinski definition) is 5. The van der Waals surface area contributed by atoms with Crippen molar-refractivity contribution in [2.75, 3.05) is 23.7 Å². The van der Waals surface area contributed by atoms with Gasteiger partial charge in [-0.2, -0.15) is 0 Å². The third kappa shape index (κ3) is 2.94. The van der Waals surface area contributed by atoms with Gasteiger partial charge in [0.05, 0.1) is 12.1 Å². The van der Waals surface area contributed by atoms with Gasteiger partial charge in [-0.3, -0.25) is 14.3 Å². The minimum absolute atomic E-state index is 0.131. The molecule has 7 nitrogen and oxygen atoms in total. The number of benzene rings is 1. The number of aromatic amines is 1. The van der Waals surface area contributed by atoms with Crippen LogP contribution in [0.5, 0.6) is 0 Å². The van der Waals surface area contributed by atoms with Crippen LogP contribution in [0.2, 0.25) is 0 Å². The quantitative estimate of drug-likeness (QED) is 0.741. The molecule has 0 atom stereocenters. The van der Waals surface area contributed by atoms with Gasteiger partial charge in [0.15, 0.2) is 0 Å². The summed E-state index contributed by atoms with van der Waals surface area (Å²) in [5.41, 5.74) is 5.46. The minimum Gasteiger partial charge on any atom is -0.386 e. The van der Waals surface area contributed by atoms with Crippen LogP contribution in [0.25, 0.3) is 0 Å². The summed E-state index contributed by atoms with van der Waals surface area (Å²) in [6.07, 6.45) is 1.54. The number of anilines is 2. The number of nitrogens with one attached hydrogen (secondary N) is 1. The van der Waals surface area contributed by atoms with E-state index in [1.807, 2.05) is 37.3 Å². The maximum Gasteiger partial charge on any atom is 0.330 e. The molecule has 1 aliphatic rings. The molecule has 1 saturated heterocycles. The number of nitrogens with two attached hydrogens (primary N) is 1. The second kappa shape index (κ2) is 6.16. The van der Waals surface area contributed by atoms with Crippen molar-refractivity contribution >= 4 is 11.5 Å². The van der Waals surface area contributed by atoms with Gasteiger partial charge in [0, 0.05) is 13.1 Å². The number of H-pyrrole nitrogens is 1. The number of nitrogens with zero attached hydrogens (tertiary/aromatic N) is 2. The third-order valence-electron chi connectivity index (χ3n) is 4.40. The second-order valence-electron chi connectivity index (χ2n) is 6.40. The topological polar surface area (TPSA) is 104 Å². The molecule has 3 rings (SSSR count). The SMILES string of the molecule is CCCC1(O)CN(c2c(N)n(Cc3ccccc3)c(=O)[nH]c2=O)C1. The summed E-state index contributed by atoms with van der Waals surface area (Å²) < 4.78 is 1.35. The maximum atomic E-state index is 12.2. The lowest BCUT2D eigenvalue weighted by atomic mass is 9.89. The largest absolute Gasteiger partial charge is 0.386 e. The first-order chi connectivity index (χ1) is 11.4. The molecule has 0 aliphatic carbocycles. The zero-order chi connectivity index (χ0) is 17.3. The molecular formula is C17H22N4O3. The summed E-state index contributed by atoms with van der Waals surface area (Å²) in [6, 6.07) is 9.43. The van der Waals surface area contributed by atoms with E-state index >= 15 is 0 Å². The van der Waals surface area contributed by atoms with Crippen LogP contribution in [0.15, 0.2) is 39.9 Å². The van der Waals surface area contributed by atoms with E-state index in [0.29, 0.717) is 19.5 Å². The van der Waals surface area contributed by atoms with E-state index < -0.39 is 16.9 Å². The van der Waals surface area contributed by atoms with E-state index in [4.69, 9.17) is 5.73 Å². The van der Waals surface area contributed by atoms with Gasteiger partial charge in [0.25, 0.3) is 5.56 Å². The zero-order valence-corrected chi connectivity index (χ0v) is 13.7. The summed E-state index contributed by atoms with van der Waals surface area (Å²) in [6.45, 7) is 2.97. The van der Waals surface area contributed by atoms with Crippen molar-refractivity contribution in [3.8, 4) is 0 Å². The fraction of sp³-hybridized carbons (Fsp3) is 0.412. The minimum atomic E-state index is -0.784. The number of hydrogen-bond donors (Lipinski definition) is 3. The van der Waals surface area contributed by atoms with Crippen molar-refractivity contribution in [1.82, 2.24) is 9.55 Å². The Morgan fingerprint density at radius 2 is 1.92 bits per heavy atom. The fourth-order valence-electron chi connectivity index (χ4n) is 3.25. The number of rotatable bonds is 5. The summed E-state index contributed by atoms with van der Waals surface area (Å²) >= 11 is 0. The second-order valence-corrected chi connectivity index (χ2v) is 6.40. The van der Waals surface area contributed by atoms with E-state index in [1.54, 1.807) is 4.90 Å². The third-order valence-corrected chi connectivity index (χ3v) is 4.40. The summed E-state index contributed by atoms with van der Waals surface area (Å²) in [4.78, 5) is 28.4. The standard InChI is InChI=1S/C17H22N4O3/c1-2-8-17(24)10-20(11-17)13-14(18)21(16(23)19-15(13)22)9-12-6-4-3-5-7-12/h3-7,24H,2,8-11,18H2,1H3,(H,19,22,23). The normalized spacial score (nSPS) is 16.0.